The number of carbonyl (C=O) groups is 2. The number of amides is 2. The number of anilines is 1. The van der Waals surface area contributed by atoms with Gasteiger partial charge < -0.3 is 5.32 Å². The predicted octanol–water partition coefficient (Wildman–Crippen LogP) is 3.56. The highest BCUT2D eigenvalue weighted by Gasteiger charge is 2.08. The molecular formula is C18H27N3O2. The number of nitrogens with one attached hydrogen (secondary N) is 2. The molecule has 0 spiro atoms. The third-order valence-corrected chi connectivity index (χ3v) is 3.31. The van der Waals surface area contributed by atoms with Crippen molar-refractivity contribution in [2.24, 2.45) is 11.0 Å². The summed E-state index contributed by atoms with van der Waals surface area (Å²) in [5.74, 6) is 0.0815. The van der Waals surface area contributed by atoms with E-state index in [-0.39, 0.29) is 24.7 Å². The Morgan fingerprint density at radius 3 is 2.39 bits per heavy atom. The molecule has 1 rings (SSSR count). The second-order valence-corrected chi connectivity index (χ2v) is 6.35. The van der Waals surface area contributed by atoms with Gasteiger partial charge in [0.1, 0.15) is 0 Å². The van der Waals surface area contributed by atoms with Crippen LogP contribution in [-0.2, 0) is 9.59 Å². The number of hydrogen-bond acceptors (Lipinski definition) is 3. The molecule has 5 heteroatoms. The van der Waals surface area contributed by atoms with E-state index in [1.165, 1.54) is 0 Å². The fourth-order valence-electron chi connectivity index (χ4n) is 2.24. The number of benzene rings is 1. The number of nitrogens with zero attached hydrogens (tertiary/aromatic N) is 1. The lowest BCUT2D eigenvalue weighted by molar-refractivity contribution is -0.124. The zero-order valence-corrected chi connectivity index (χ0v) is 14.7. The molecule has 2 N–H and O–H groups in total. The van der Waals surface area contributed by atoms with Gasteiger partial charge in [-0.05, 0) is 44.7 Å². The van der Waals surface area contributed by atoms with Gasteiger partial charge in [0.25, 0.3) is 0 Å². The van der Waals surface area contributed by atoms with Crippen molar-refractivity contribution in [3.05, 3.63) is 29.3 Å². The first kappa shape index (κ1) is 18.9. The minimum Gasteiger partial charge on any atom is -0.326 e. The fourth-order valence-corrected chi connectivity index (χ4v) is 2.24. The van der Waals surface area contributed by atoms with Gasteiger partial charge >= 0.3 is 0 Å². The quantitative estimate of drug-likeness (QED) is 0.596. The summed E-state index contributed by atoms with van der Waals surface area (Å²) in [6.07, 6.45) is 1.10. The van der Waals surface area contributed by atoms with Crippen LogP contribution < -0.4 is 10.7 Å². The fraction of sp³-hybridized carbons (Fsp3) is 0.500. The van der Waals surface area contributed by atoms with Crippen LogP contribution in [-0.4, -0.2) is 17.5 Å². The topological polar surface area (TPSA) is 70.6 Å². The van der Waals surface area contributed by atoms with Crippen LogP contribution in [0.4, 0.5) is 5.69 Å². The number of carbonyl (C=O) groups excluding carboxylic acids is 2. The van der Waals surface area contributed by atoms with E-state index in [0.717, 1.165) is 28.9 Å². The Bertz CT molecular complexity index is 592. The highest BCUT2D eigenvalue weighted by atomic mass is 16.2. The summed E-state index contributed by atoms with van der Waals surface area (Å²) in [5.41, 5.74) is 6.32. The van der Waals surface area contributed by atoms with Crippen molar-refractivity contribution in [1.29, 1.82) is 0 Å². The highest BCUT2D eigenvalue weighted by Crippen LogP contribution is 2.16. The smallest absolute Gasteiger partial charge is 0.240 e. The number of hydrogen-bond donors (Lipinski definition) is 2. The van der Waals surface area contributed by atoms with Crippen LogP contribution in [0, 0.1) is 19.8 Å². The van der Waals surface area contributed by atoms with Gasteiger partial charge in [-0.3, -0.25) is 9.59 Å². The van der Waals surface area contributed by atoms with Crippen LogP contribution in [0.3, 0.4) is 0 Å². The molecule has 1 aromatic carbocycles. The van der Waals surface area contributed by atoms with E-state index >= 15 is 0 Å². The van der Waals surface area contributed by atoms with Gasteiger partial charge in [-0.2, -0.15) is 5.10 Å². The Morgan fingerprint density at radius 2 is 1.78 bits per heavy atom. The molecular weight excluding hydrogens is 290 g/mol. The van der Waals surface area contributed by atoms with E-state index < -0.39 is 0 Å². The van der Waals surface area contributed by atoms with E-state index in [2.05, 4.69) is 29.7 Å². The minimum absolute atomic E-state index is 0.120. The monoisotopic (exact) mass is 317 g/mol. The highest BCUT2D eigenvalue weighted by molar-refractivity contribution is 5.94. The third-order valence-electron chi connectivity index (χ3n) is 3.31. The molecule has 1 aromatic rings. The molecule has 23 heavy (non-hydrogen) atoms. The molecule has 5 nitrogen and oxygen atoms in total. The first-order valence-corrected chi connectivity index (χ1v) is 7.97. The van der Waals surface area contributed by atoms with Gasteiger partial charge in [0, 0.05) is 24.2 Å². The molecule has 126 valence electrons. The van der Waals surface area contributed by atoms with Gasteiger partial charge in [0.2, 0.25) is 11.8 Å². The average molecular weight is 317 g/mol. The first-order chi connectivity index (χ1) is 10.8. The lowest BCUT2D eigenvalue weighted by atomic mass is 10.1. The van der Waals surface area contributed by atoms with Crippen LogP contribution in [0.2, 0.25) is 0 Å². The van der Waals surface area contributed by atoms with Gasteiger partial charge in [-0.15, -0.1) is 0 Å². The minimum atomic E-state index is -0.246. The summed E-state index contributed by atoms with van der Waals surface area (Å²) in [7, 11) is 0. The zero-order chi connectivity index (χ0) is 17.4. The summed E-state index contributed by atoms with van der Waals surface area (Å²) >= 11 is 0. The Hall–Kier alpha value is -2.17. The summed E-state index contributed by atoms with van der Waals surface area (Å²) in [6, 6.07) is 5.83. The van der Waals surface area contributed by atoms with Crippen molar-refractivity contribution in [3.63, 3.8) is 0 Å². The SMILES string of the molecule is CC(CC(C)C)=NNC(=O)CCC(=O)Nc1ccc(C)cc1C. The molecule has 0 unspecified atom stereocenters. The molecule has 0 fully saturated rings. The second kappa shape index (κ2) is 9.08. The van der Waals surface area contributed by atoms with Gasteiger partial charge in [0.15, 0.2) is 0 Å². The van der Waals surface area contributed by atoms with Crippen molar-refractivity contribution in [3.8, 4) is 0 Å². The molecule has 0 saturated heterocycles. The van der Waals surface area contributed by atoms with Crippen molar-refractivity contribution in [2.75, 3.05) is 5.32 Å². The summed E-state index contributed by atoms with van der Waals surface area (Å²) < 4.78 is 0. The van der Waals surface area contributed by atoms with Gasteiger partial charge in [0.05, 0.1) is 0 Å². The molecule has 0 aromatic heterocycles. The summed E-state index contributed by atoms with van der Waals surface area (Å²) in [5, 5.41) is 6.86. The number of rotatable bonds is 7. The first-order valence-electron chi connectivity index (χ1n) is 7.97. The molecule has 2 amide bonds. The Morgan fingerprint density at radius 1 is 1.13 bits per heavy atom. The lowest BCUT2D eigenvalue weighted by Gasteiger charge is -2.09. The van der Waals surface area contributed by atoms with E-state index in [1.54, 1.807) is 0 Å². The Labute approximate surface area is 138 Å². The summed E-state index contributed by atoms with van der Waals surface area (Å²) in [6.45, 7) is 10.0. The molecule has 0 aliphatic carbocycles. The van der Waals surface area contributed by atoms with Crippen LogP contribution in [0.1, 0.15) is 51.2 Å². The summed E-state index contributed by atoms with van der Waals surface area (Å²) in [4.78, 5) is 23.6. The van der Waals surface area contributed by atoms with Crippen molar-refractivity contribution in [1.82, 2.24) is 5.43 Å². The molecule has 0 heterocycles. The second-order valence-electron chi connectivity index (χ2n) is 6.35. The zero-order valence-electron chi connectivity index (χ0n) is 14.7. The molecule has 0 radical (unpaired) electrons. The van der Waals surface area contributed by atoms with E-state index in [0.29, 0.717) is 5.92 Å². The van der Waals surface area contributed by atoms with E-state index in [9.17, 15) is 9.59 Å². The Kier molecular flexibility index (Phi) is 7.45. The van der Waals surface area contributed by atoms with Crippen LogP contribution in [0.25, 0.3) is 0 Å². The van der Waals surface area contributed by atoms with Gasteiger partial charge in [-0.25, -0.2) is 5.43 Å². The van der Waals surface area contributed by atoms with Crippen molar-refractivity contribution >= 4 is 23.2 Å². The predicted molar refractivity (Wildman–Crippen MR) is 94.5 cm³/mol. The maximum absolute atomic E-state index is 11.9. The number of aryl methyl sites for hydroxylation is 2. The van der Waals surface area contributed by atoms with Crippen molar-refractivity contribution < 1.29 is 9.59 Å². The van der Waals surface area contributed by atoms with E-state index in [4.69, 9.17) is 0 Å². The van der Waals surface area contributed by atoms with E-state index in [1.807, 2.05) is 39.0 Å². The van der Waals surface area contributed by atoms with Crippen LogP contribution >= 0.6 is 0 Å². The number of hydrazone groups is 1. The van der Waals surface area contributed by atoms with Gasteiger partial charge in [-0.1, -0.05) is 31.5 Å². The maximum Gasteiger partial charge on any atom is 0.240 e. The molecule has 0 bridgehead atoms. The molecule has 0 atom stereocenters. The van der Waals surface area contributed by atoms with Crippen molar-refractivity contribution in [2.45, 2.75) is 53.9 Å². The molecule has 0 aliphatic heterocycles. The largest absolute Gasteiger partial charge is 0.326 e. The van der Waals surface area contributed by atoms with Crippen LogP contribution in [0.5, 0.6) is 0 Å². The lowest BCUT2D eigenvalue weighted by Crippen LogP contribution is -2.22. The Balaban J connectivity index is 2.39. The maximum atomic E-state index is 11.9. The van der Waals surface area contributed by atoms with Crippen LogP contribution in [0.15, 0.2) is 23.3 Å². The normalized spacial score (nSPS) is 11.5. The average Bonchev–Trinajstić information content (AvgIpc) is 2.45. The molecule has 0 aliphatic rings. The third kappa shape index (κ3) is 7.58. The molecule has 0 saturated carbocycles. The standard InChI is InChI=1S/C18H27N3O2/c1-12(2)10-15(5)20-21-18(23)9-8-17(22)19-16-7-6-13(3)11-14(16)4/h6-7,11-12H,8-10H2,1-5H3,(H,19,22)(H,21,23).